The van der Waals surface area contributed by atoms with Crippen molar-refractivity contribution in [1.29, 1.82) is 0 Å². The number of rotatable bonds is 10. The molecule has 1 amide bonds. The number of thiazole rings is 1. The van der Waals surface area contributed by atoms with Crippen molar-refractivity contribution < 1.29 is 14.3 Å². The molecule has 148 valence electrons. The largest absolute Gasteiger partial charge is 0.494 e. The van der Waals surface area contributed by atoms with E-state index < -0.39 is 0 Å². The quantitative estimate of drug-likeness (QED) is 0.453. The van der Waals surface area contributed by atoms with Gasteiger partial charge in [-0.15, -0.1) is 0 Å². The molecule has 5 nitrogen and oxygen atoms in total. The normalized spacial score (nSPS) is 10.8. The molecule has 0 fully saturated rings. The van der Waals surface area contributed by atoms with Crippen molar-refractivity contribution in [2.75, 3.05) is 18.5 Å². The zero-order chi connectivity index (χ0) is 19.8. The Labute approximate surface area is 169 Å². The molecule has 0 saturated carbocycles. The third kappa shape index (κ3) is 5.96. The summed E-state index contributed by atoms with van der Waals surface area (Å²) < 4.78 is 12.4. The summed E-state index contributed by atoms with van der Waals surface area (Å²) in [6.45, 7) is 5.39. The summed E-state index contributed by atoms with van der Waals surface area (Å²) in [4.78, 5) is 16.6. The highest BCUT2D eigenvalue weighted by Crippen LogP contribution is 2.29. The van der Waals surface area contributed by atoms with E-state index in [1.165, 1.54) is 11.3 Å². The van der Waals surface area contributed by atoms with Crippen LogP contribution in [-0.2, 0) is 4.79 Å². The average Bonchev–Trinajstić information content (AvgIpc) is 3.07. The number of carbonyl (C=O) groups is 1. The lowest BCUT2D eigenvalue weighted by Gasteiger charge is -2.06. The zero-order valence-electron chi connectivity index (χ0n) is 16.4. The average molecular weight is 399 g/mol. The lowest BCUT2D eigenvalue weighted by Crippen LogP contribution is -2.12. The van der Waals surface area contributed by atoms with Crippen LogP contribution in [0.1, 0.15) is 38.2 Å². The Morgan fingerprint density at radius 2 is 1.86 bits per heavy atom. The third-order valence-electron chi connectivity index (χ3n) is 4.18. The SMILES string of the molecule is CCCCOc1ccc2nc(NC(=O)CCCOc3cccc(C)c3)sc2c1. The number of aryl methyl sites for hydroxylation is 1. The van der Waals surface area contributed by atoms with Gasteiger partial charge in [0.25, 0.3) is 0 Å². The first-order valence-electron chi connectivity index (χ1n) is 9.67. The maximum absolute atomic E-state index is 12.2. The van der Waals surface area contributed by atoms with Crippen LogP contribution >= 0.6 is 11.3 Å². The van der Waals surface area contributed by atoms with Gasteiger partial charge >= 0.3 is 0 Å². The highest BCUT2D eigenvalue weighted by molar-refractivity contribution is 7.22. The van der Waals surface area contributed by atoms with Crippen LogP contribution in [0.25, 0.3) is 10.2 Å². The van der Waals surface area contributed by atoms with Crippen LogP contribution in [-0.4, -0.2) is 24.1 Å². The number of nitrogens with one attached hydrogen (secondary N) is 1. The van der Waals surface area contributed by atoms with Crippen molar-refractivity contribution in [3.63, 3.8) is 0 Å². The van der Waals surface area contributed by atoms with Gasteiger partial charge in [-0.05, 0) is 55.7 Å². The standard InChI is InChI=1S/C22H26N2O3S/c1-3-4-12-26-18-10-11-19-20(15-18)28-22(23-19)24-21(25)9-6-13-27-17-8-5-7-16(2)14-17/h5,7-8,10-11,14-15H,3-4,6,9,12-13H2,1-2H3,(H,23,24,25). The van der Waals surface area contributed by atoms with E-state index in [1.807, 2.05) is 49.4 Å². The monoisotopic (exact) mass is 398 g/mol. The lowest BCUT2D eigenvalue weighted by atomic mass is 10.2. The van der Waals surface area contributed by atoms with Gasteiger partial charge in [-0.1, -0.05) is 36.8 Å². The molecule has 0 saturated heterocycles. The highest BCUT2D eigenvalue weighted by Gasteiger charge is 2.09. The first kappa shape index (κ1) is 20.1. The van der Waals surface area contributed by atoms with Crippen molar-refractivity contribution in [3.05, 3.63) is 48.0 Å². The van der Waals surface area contributed by atoms with E-state index in [1.54, 1.807) is 0 Å². The van der Waals surface area contributed by atoms with E-state index in [-0.39, 0.29) is 5.91 Å². The number of hydrogen-bond acceptors (Lipinski definition) is 5. The number of carbonyl (C=O) groups excluding carboxylic acids is 1. The van der Waals surface area contributed by atoms with Gasteiger partial charge in [0.05, 0.1) is 23.4 Å². The summed E-state index contributed by atoms with van der Waals surface area (Å²) in [5.41, 5.74) is 2.02. The molecule has 0 aliphatic rings. The van der Waals surface area contributed by atoms with Gasteiger partial charge in [0.2, 0.25) is 5.91 Å². The highest BCUT2D eigenvalue weighted by atomic mass is 32.1. The van der Waals surface area contributed by atoms with E-state index in [0.717, 1.165) is 46.7 Å². The predicted octanol–water partition coefficient (Wildman–Crippen LogP) is 5.58. The van der Waals surface area contributed by atoms with Crippen LogP contribution in [0, 0.1) is 6.92 Å². The zero-order valence-corrected chi connectivity index (χ0v) is 17.2. The predicted molar refractivity (Wildman–Crippen MR) is 115 cm³/mol. The Bertz CT molecular complexity index is 923. The molecule has 0 aliphatic heterocycles. The van der Waals surface area contributed by atoms with Gasteiger partial charge in [-0.2, -0.15) is 0 Å². The second kappa shape index (κ2) is 10.1. The molecule has 1 heterocycles. The number of aromatic nitrogens is 1. The Balaban J connectivity index is 1.46. The molecule has 1 N–H and O–H groups in total. The van der Waals surface area contributed by atoms with E-state index in [0.29, 0.717) is 24.6 Å². The molecule has 1 aromatic heterocycles. The molecular weight excluding hydrogens is 372 g/mol. The third-order valence-corrected chi connectivity index (χ3v) is 5.11. The van der Waals surface area contributed by atoms with E-state index in [9.17, 15) is 4.79 Å². The van der Waals surface area contributed by atoms with Gasteiger partial charge in [0.15, 0.2) is 5.13 Å². The summed E-state index contributed by atoms with van der Waals surface area (Å²) in [6.07, 6.45) is 3.19. The maximum Gasteiger partial charge on any atom is 0.226 e. The minimum Gasteiger partial charge on any atom is -0.494 e. The Morgan fingerprint density at radius 1 is 1.07 bits per heavy atom. The Hall–Kier alpha value is -2.60. The molecule has 0 radical (unpaired) electrons. The molecule has 2 aromatic carbocycles. The van der Waals surface area contributed by atoms with Gasteiger partial charge in [-0.25, -0.2) is 4.98 Å². The molecule has 0 spiro atoms. The summed E-state index contributed by atoms with van der Waals surface area (Å²) in [7, 11) is 0. The molecule has 6 heteroatoms. The van der Waals surface area contributed by atoms with Crippen LogP contribution in [0.5, 0.6) is 11.5 Å². The number of unbranched alkanes of at least 4 members (excludes halogenated alkanes) is 1. The molecule has 3 rings (SSSR count). The number of ether oxygens (including phenoxy) is 2. The van der Waals surface area contributed by atoms with Crippen molar-refractivity contribution in [2.45, 2.75) is 39.5 Å². The van der Waals surface area contributed by atoms with Crippen LogP contribution in [0.2, 0.25) is 0 Å². The van der Waals surface area contributed by atoms with Crippen molar-refractivity contribution >= 4 is 32.6 Å². The van der Waals surface area contributed by atoms with Crippen LogP contribution in [0.4, 0.5) is 5.13 Å². The topological polar surface area (TPSA) is 60.5 Å². The van der Waals surface area contributed by atoms with Gasteiger partial charge in [-0.3, -0.25) is 4.79 Å². The number of nitrogens with zero attached hydrogens (tertiary/aromatic N) is 1. The number of hydrogen-bond donors (Lipinski definition) is 1. The number of benzene rings is 2. The molecule has 0 bridgehead atoms. The minimum atomic E-state index is -0.0497. The van der Waals surface area contributed by atoms with Gasteiger partial charge in [0.1, 0.15) is 11.5 Å². The fourth-order valence-corrected chi connectivity index (χ4v) is 3.60. The second-order valence-corrected chi connectivity index (χ2v) is 7.70. The van der Waals surface area contributed by atoms with E-state index in [2.05, 4.69) is 17.2 Å². The fourth-order valence-electron chi connectivity index (χ4n) is 2.69. The summed E-state index contributed by atoms with van der Waals surface area (Å²) in [5, 5.41) is 3.50. The van der Waals surface area contributed by atoms with Crippen molar-refractivity contribution in [2.24, 2.45) is 0 Å². The molecular formula is C22H26N2O3S. The molecule has 0 unspecified atom stereocenters. The van der Waals surface area contributed by atoms with Crippen molar-refractivity contribution in [3.8, 4) is 11.5 Å². The van der Waals surface area contributed by atoms with Gasteiger partial charge in [0, 0.05) is 6.42 Å². The number of anilines is 1. The second-order valence-electron chi connectivity index (χ2n) is 6.67. The van der Waals surface area contributed by atoms with Crippen LogP contribution in [0.15, 0.2) is 42.5 Å². The molecule has 3 aromatic rings. The lowest BCUT2D eigenvalue weighted by molar-refractivity contribution is -0.116. The number of amides is 1. The Kier molecular flexibility index (Phi) is 7.25. The summed E-state index contributed by atoms with van der Waals surface area (Å²) in [6, 6.07) is 13.7. The molecule has 28 heavy (non-hydrogen) atoms. The van der Waals surface area contributed by atoms with Gasteiger partial charge < -0.3 is 14.8 Å². The smallest absolute Gasteiger partial charge is 0.226 e. The molecule has 0 atom stereocenters. The first-order valence-corrected chi connectivity index (χ1v) is 10.5. The summed E-state index contributed by atoms with van der Waals surface area (Å²) >= 11 is 1.46. The van der Waals surface area contributed by atoms with E-state index >= 15 is 0 Å². The summed E-state index contributed by atoms with van der Waals surface area (Å²) in [5.74, 6) is 1.63. The fraction of sp³-hybridized carbons (Fsp3) is 0.364. The Morgan fingerprint density at radius 3 is 2.64 bits per heavy atom. The maximum atomic E-state index is 12.2. The van der Waals surface area contributed by atoms with Crippen LogP contribution in [0.3, 0.4) is 0 Å². The van der Waals surface area contributed by atoms with Crippen LogP contribution < -0.4 is 14.8 Å². The minimum absolute atomic E-state index is 0.0497. The number of fused-ring (bicyclic) bond motifs is 1. The first-order chi connectivity index (χ1) is 13.6. The molecule has 0 aliphatic carbocycles. The van der Waals surface area contributed by atoms with Crippen molar-refractivity contribution in [1.82, 2.24) is 4.98 Å². The van der Waals surface area contributed by atoms with E-state index in [4.69, 9.17) is 9.47 Å².